The van der Waals surface area contributed by atoms with E-state index in [4.69, 9.17) is 19.9 Å². The monoisotopic (exact) mass is 766 g/mol. The van der Waals surface area contributed by atoms with Crippen LogP contribution >= 0.6 is 0 Å². The first kappa shape index (κ1) is 33.9. The molecule has 12 aromatic rings. The molecule has 0 aliphatic heterocycles. The smallest absolute Gasteiger partial charge is 0.238 e. The fourth-order valence-electron chi connectivity index (χ4n) is 8.86. The molecule has 0 saturated carbocycles. The van der Waals surface area contributed by atoms with Gasteiger partial charge in [0.2, 0.25) is 5.95 Å². The van der Waals surface area contributed by atoms with Crippen LogP contribution in [0, 0.1) is 0 Å². The van der Waals surface area contributed by atoms with Crippen LogP contribution in [0.15, 0.2) is 206 Å². The lowest BCUT2D eigenvalue weighted by molar-refractivity contribution is 0.954. The van der Waals surface area contributed by atoms with E-state index in [0.29, 0.717) is 17.6 Å². The van der Waals surface area contributed by atoms with Gasteiger partial charge in [0.1, 0.15) is 5.82 Å². The van der Waals surface area contributed by atoms with Crippen molar-refractivity contribution in [2.24, 2.45) is 0 Å². The van der Waals surface area contributed by atoms with Crippen molar-refractivity contribution in [1.29, 1.82) is 0 Å². The van der Waals surface area contributed by atoms with Gasteiger partial charge in [-0.1, -0.05) is 188 Å². The maximum Gasteiger partial charge on any atom is 0.238 e. The number of benzene rings is 8. The van der Waals surface area contributed by atoms with Crippen LogP contribution < -0.4 is 0 Å². The zero-order valence-corrected chi connectivity index (χ0v) is 32.3. The van der Waals surface area contributed by atoms with Gasteiger partial charge in [0.05, 0.1) is 27.8 Å². The summed E-state index contributed by atoms with van der Waals surface area (Å²) < 4.78 is 4.61. The average Bonchev–Trinajstić information content (AvgIpc) is 3.90. The lowest BCUT2D eigenvalue weighted by Gasteiger charge is -2.14. The Hall–Kier alpha value is -8.22. The van der Waals surface area contributed by atoms with E-state index in [9.17, 15) is 0 Å². The summed E-state index contributed by atoms with van der Waals surface area (Å²) in [6.07, 6.45) is 0. The van der Waals surface area contributed by atoms with Gasteiger partial charge in [-0.15, -0.1) is 0 Å². The summed E-state index contributed by atoms with van der Waals surface area (Å²) in [6.45, 7) is 0. The molecule has 0 N–H and O–H groups in total. The molecule has 6 heteroatoms. The average molecular weight is 767 g/mol. The van der Waals surface area contributed by atoms with E-state index in [1.807, 2.05) is 36.4 Å². The van der Waals surface area contributed by atoms with E-state index in [2.05, 4.69) is 179 Å². The van der Waals surface area contributed by atoms with E-state index < -0.39 is 0 Å². The largest absolute Gasteiger partial charge is 0.291 e. The fraction of sp³-hybridized carbons (Fsp3) is 0. The van der Waals surface area contributed by atoms with Gasteiger partial charge >= 0.3 is 0 Å². The zero-order chi connectivity index (χ0) is 39.6. The van der Waals surface area contributed by atoms with E-state index in [0.717, 1.165) is 93.9 Å². The van der Waals surface area contributed by atoms with Crippen molar-refractivity contribution in [1.82, 2.24) is 28.9 Å². The summed E-state index contributed by atoms with van der Waals surface area (Å²) >= 11 is 0. The molecule has 8 aromatic carbocycles. The van der Waals surface area contributed by atoms with Crippen LogP contribution in [-0.4, -0.2) is 28.9 Å². The van der Waals surface area contributed by atoms with Gasteiger partial charge in [-0.3, -0.25) is 8.97 Å². The molecule has 0 bridgehead atoms. The van der Waals surface area contributed by atoms with E-state index >= 15 is 0 Å². The molecule has 4 heterocycles. The van der Waals surface area contributed by atoms with Gasteiger partial charge in [-0.05, 0) is 34.7 Å². The van der Waals surface area contributed by atoms with Crippen molar-refractivity contribution in [3.8, 4) is 62.5 Å². The Bertz CT molecular complexity index is 3500. The molecule has 0 unspecified atom stereocenters. The van der Waals surface area contributed by atoms with Gasteiger partial charge in [0.25, 0.3) is 0 Å². The summed E-state index contributed by atoms with van der Waals surface area (Å²) in [5.41, 5.74) is 11.2. The maximum atomic E-state index is 5.55. The lowest BCUT2D eigenvalue weighted by atomic mass is 9.97. The number of para-hydroxylation sites is 1. The van der Waals surface area contributed by atoms with Crippen LogP contribution in [0.4, 0.5) is 0 Å². The van der Waals surface area contributed by atoms with Crippen LogP contribution in [0.3, 0.4) is 0 Å². The van der Waals surface area contributed by atoms with E-state index in [-0.39, 0.29) is 0 Å². The van der Waals surface area contributed by atoms with Crippen molar-refractivity contribution >= 4 is 49.0 Å². The third-order valence-corrected chi connectivity index (χ3v) is 11.6. The van der Waals surface area contributed by atoms with Crippen LogP contribution in [0.5, 0.6) is 0 Å². The predicted molar refractivity (Wildman–Crippen MR) is 245 cm³/mol. The van der Waals surface area contributed by atoms with Crippen molar-refractivity contribution in [2.45, 2.75) is 0 Å². The number of hydrogen-bond acceptors (Lipinski definition) is 4. The Labute approximate surface area is 345 Å². The third-order valence-electron chi connectivity index (χ3n) is 11.6. The Morgan fingerprint density at radius 3 is 1.48 bits per heavy atom. The fourth-order valence-corrected chi connectivity index (χ4v) is 8.86. The summed E-state index contributed by atoms with van der Waals surface area (Å²) in [4.78, 5) is 21.2. The van der Waals surface area contributed by atoms with Crippen molar-refractivity contribution in [2.75, 3.05) is 0 Å². The highest BCUT2D eigenvalue weighted by Crippen LogP contribution is 2.45. The minimum Gasteiger partial charge on any atom is -0.291 e. The van der Waals surface area contributed by atoms with Crippen LogP contribution in [0.2, 0.25) is 0 Å². The molecule has 0 atom stereocenters. The molecule has 0 radical (unpaired) electrons. The molecular weight excluding hydrogens is 733 g/mol. The molecule has 60 heavy (non-hydrogen) atoms. The molecule has 0 saturated heterocycles. The number of fused-ring (bicyclic) bond motifs is 10. The minimum atomic E-state index is 0.547. The Balaban J connectivity index is 1.29. The highest BCUT2D eigenvalue weighted by molar-refractivity contribution is 6.31. The second kappa shape index (κ2) is 13.7. The SMILES string of the molecule is c1ccc(-c2ccc3c4c5c(ccc4n(-c4nc(-c6ccccc6)nc(-c6ccccc6)n4)c3c2)c2ccccc2n2c(-c3ccccc3)nc(-c3ccccc3)c52)cc1. The molecular formula is C54H34N6. The molecule has 0 aliphatic rings. The number of hydrogen-bond donors (Lipinski definition) is 0. The Kier molecular flexibility index (Phi) is 7.74. The van der Waals surface area contributed by atoms with Gasteiger partial charge in [0.15, 0.2) is 11.6 Å². The van der Waals surface area contributed by atoms with Gasteiger partial charge in [0, 0.05) is 43.8 Å². The molecule has 280 valence electrons. The topological polar surface area (TPSA) is 60.9 Å². The predicted octanol–water partition coefficient (Wildman–Crippen LogP) is 13.3. The molecule has 12 rings (SSSR count). The summed E-state index contributed by atoms with van der Waals surface area (Å²) in [7, 11) is 0. The van der Waals surface area contributed by atoms with Crippen molar-refractivity contribution < 1.29 is 0 Å². The van der Waals surface area contributed by atoms with Crippen molar-refractivity contribution in [3.63, 3.8) is 0 Å². The first-order valence-corrected chi connectivity index (χ1v) is 20.2. The number of rotatable bonds is 6. The highest BCUT2D eigenvalue weighted by atomic mass is 15.2. The standard InChI is InChI=1S/C54H34N6/c1-6-18-35(19-7-1)40-30-31-43-46(34-40)59(54-57-51(37-22-10-3-11-23-37)56-52(58-54)38-24-12-4-13-25-38)45-33-32-42-41-28-16-17-29-44(41)60-50(48(42)47(43)45)49(36-20-8-2-9-21-36)55-53(60)39-26-14-5-15-27-39/h1-34H. The normalized spacial score (nSPS) is 11.7. The third kappa shape index (κ3) is 5.35. The van der Waals surface area contributed by atoms with Gasteiger partial charge < -0.3 is 0 Å². The van der Waals surface area contributed by atoms with Crippen LogP contribution in [-0.2, 0) is 0 Å². The number of pyridine rings is 1. The minimum absolute atomic E-state index is 0.547. The molecule has 0 fully saturated rings. The van der Waals surface area contributed by atoms with Crippen LogP contribution in [0.1, 0.15) is 0 Å². The number of imidazole rings is 1. The summed E-state index contributed by atoms with van der Waals surface area (Å²) in [5, 5.41) is 5.63. The van der Waals surface area contributed by atoms with Gasteiger partial charge in [-0.25, -0.2) is 9.97 Å². The molecule has 0 spiro atoms. The first-order valence-electron chi connectivity index (χ1n) is 20.2. The molecule has 0 amide bonds. The first-order chi connectivity index (χ1) is 29.8. The van der Waals surface area contributed by atoms with E-state index in [1.165, 1.54) is 0 Å². The lowest BCUT2D eigenvalue weighted by Crippen LogP contribution is -2.06. The van der Waals surface area contributed by atoms with Crippen LogP contribution in [0.25, 0.3) is 111 Å². The summed E-state index contributed by atoms with van der Waals surface area (Å²) in [6, 6.07) is 72.0. The number of nitrogens with zero attached hydrogens (tertiary/aromatic N) is 6. The van der Waals surface area contributed by atoms with Gasteiger partial charge in [-0.2, -0.15) is 9.97 Å². The quantitative estimate of drug-likeness (QED) is 0.158. The van der Waals surface area contributed by atoms with E-state index in [1.54, 1.807) is 0 Å². The number of aromatic nitrogens is 6. The molecule has 4 aromatic heterocycles. The van der Waals surface area contributed by atoms with Crippen molar-refractivity contribution in [3.05, 3.63) is 206 Å². The molecule has 6 nitrogen and oxygen atoms in total. The molecule has 0 aliphatic carbocycles. The Morgan fingerprint density at radius 2 is 0.850 bits per heavy atom. The Morgan fingerprint density at radius 1 is 0.317 bits per heavy atom. The maximum absolute atomic E-state index is 5.55. The highest BCUT2D eigenvalue weighted by Gasteiger charge is 2.26. The second-order valence-electron chi connectivity index (χ2n) is 15.0. The second-order valence-corrected chi connectivity index (χ2v) is 15.0. The zero-order valence-electron chi connectivity index (χ0n) is 32.3. The summed E-state index contributed by atoms with van der Waals surface area (Å²) in [5.74, 6) is 2.66.